The van der Waals surface area contributed by atoms with Gasteiger partial charge in [0.1, 0.15) is 17.5 Å². The number of anilines is 2. The van der Waals surface area contributed by atoms with Crippen molar-refractivity contribution in [2.45, 2.75) is 39.7 Å². The van der Waals surface area contributed by atoms with Gasteiger partial charge in [0, 0.05) is 38.8 Å². The van der Waals surface area contributed by atoms with E-state index in [0.717, 1.165) is 29.6 Å². The highest BCUT2D eigenvalue weighted by atomic mass is 15.2. The average Bonchev–Trinajstić information content (AvgIpc) is 2.48. The summed E-state index contributed by atoms with van der Waals surface area (Å²) in [5.74, 6) is 2.83. The molecule has 1 aliphatic heterocycles. The Morgan fingerprint density at radius 2 is 1.90 bits per heavy atom. The molecule has 1 saturated heterocycles. The van der Waals surface area contributed by atoms with E-state index in [1.165, 1.54) is 25.9 Å². The number of piperidine rings is 1. The third-order valence-corrected chi connectivity index (χ3v) is 4.35. The van der Waals surface area contributed by atoms with E-state index in [4.69, 9.17) is 0 Å². The fourth-order valence-corrected chi connectivity index (χ4v) is 3.00. The highest BCUT2D eigenvalue weighted by Crippen LogP contribution is 2.26. The number of hydrogen-bond acceptors (Lipinski definition) is 5. The third-order valence-electron chi connectivity index (χ3n) is 4.35. The lowest BCUT2D eigenvalue weighted by molar-refractivity contribution is 0.220. The summed E-state index contributed by atoms with van der Waals surface area (Å²) in [7, 11) is 4.08. The lowest BCUT2D eigenvalue weighted by atomic mass is 10.0. The van der Waals surface area contributed by atoms with Gasteiger partial charge < -0.3 is 15.1 Å². The lowest BCUT2D eigenvalue weighted by Crippen LogP contribution is -2.43. The fraction of sp³-hybridized carbons (Fsp3) is 0.733. The van der Waals surface area contributed by atoms with Crippen LogP contribution in [0, 0.1) is 13.8 Å². The minimum Gasteiger partial charge on any atom is -0.373 e. The van der Waals surface area contributed by atoms with Crippen molar-refractivity contribution in [3.8, 4) is 0 Å². The van der Waals surface area contributed by atoms with Crippen molar-refractivity contribution in [2.75, 3.05) is 43.9 Å². The Kier molecular flexibility index (Phi) is 4.81. The molecule has 0 atom stereocenters. The number of nitrogens with zero attached hydrogens (tertiary/aromatic N) is 4. The predicted molar refractivity (Wildman–Crippen MR) is 84.6 cm³/mol. The molecule has 20 heavy (non-hydrogen) atoms. The van der Waals surface area contributed by atoms with Gasteiger partial charge in [-0.25, -0.2) is 9.97 Å². The average molecular weight is 277 g/mol. The molecule has 1 aliphatic rings. The van der Waals surface area contributed by atoms with Crippen molar-refractivity contribution in [1.82, 2.24) is 14.9 Å². The molecule has 0 unspecified atom stereocenters. The van der Waals surface area contributed by atoms with Crippen LogP contribution >= 0.6 is 0 Å². The number of hydrogen-bond donors (Lipinski definition) is 1. The van der Waals surface area contributed by atoms with Gasteiger partial charge >= 0.3 is 0 Å². The maximum Gasteiger partial charge on any atom is 0.137 e. The largest absolute Gasteiger partial charge is 0.373 e. The second-order valence-corrected chi connectivity index (χ2v) is 5.59. The van der Waals surface area contributed by atoms with Crippen LogP contribution in [0.4, 0.5) is 11.6 Å². The molecule has 1 fully saturated rings. The number of aryl methyl sites for hydroxylation is 1. The molecule has 0 spiro atoms. The summed E-state index contributed by atoms with van der Waals surface area (Å²) in [5, 5.41) is 3.16. The molecule has 0 aliphatic carbocycles. The molecule has 0 bridgehead atoms. The van der Waals surface area contributed by atoms with Crippen LogP contribution < -0.4 is 10.2 Å². The Hall–Kier alpha value is -1.36. The SMILES string of the molecule is CCN1CCC(N(C)c2nc(C)nc(NC)c2C)CC1. The van der Waals surface area contributed by atoms with E-state index in [1.54, 1.807) is 0 Å². The quantitative estimate of drug-likeness (QED) is 0.912. The van der Waals surface area contributed by atoms with Crippen LogP contribution in [0.5, 0.6) is 0 Å². The van der Waals surface area contributed by atoms with E-state index in [-0.39, 0.29) is 0 Å². The molecule has 1 aromatic heterocycles. The van der Waals surface area contributed by atoms with Crippen LogP contribution in [-0.4, -0.2) is 54.6 Å². The summed E-state index contributed by atoms with van der Waals surface area (Å²) in [5.41, 5.74) is 1.14. The number of rotatable bonds is 4. The number of nitrogens with one attached hydrogen (secondary N) is 1. The molecule has 1 N–H and O–H groups in total. The van der Waals surface area contributed by atoms with E-state index in [1.807, 2.05) is 14.0 Å². The zero-order valence-corrected chi connectivity index (χ0v) is 13.4. The highest BCUT2D eigenvalue weighted by Gasteiger charge is 2.24. The minimum absolute atomic E-state index is 0.579. The molecule has 2 heterocycles. The summed E-state index contributed by atoms with van der Waals surface area (Å²) in [6.07, 6.45) is 2.42. The first kappa shape index (κ1) is 15.0. The molecular weight excluding hydrogens is 250 g/mol. The lowest BCUT2D eigenvalue weighted by Gasteiger charge is -2.37. The minimum atomic E-state index is 0.579. The van der Waals surface area contributed by atoms with Gasteiger partial charge in [-0.3, -0.25) is 0 Å². The van der Waals surface area contributed by atoms with Crippen LogP contribution in [-0.2, 0) is 0 Å². The first-order chi connectivity index (χ1) is 9.56. The van der Waals surface area contributed by atoms with Crippen molar-refractivity contribution in [2.24, 2.45) is 0 Å². The second kappa shape index (κ2) is 6.39. The zero-order valence-electron chi connectivity index (χ0n) is 13.4. The van der Waals surface area contributed by atoms with Crippen molar-refractivity contribution in [3.05, 3.63) is 11.4 Å². The molecule has 0 saturated carbocycles. The summed E-state index contributed by atoms with van der Waals surface area (Å²) >= 11 is 0. The van der Waals surface area contributed by atoms with E-state index < -0.39 is 0 Å². The molecular formula is C15H27N5. The van der Waals surface area contributed by atoms with Crippen LogP contribution in [0.3, 0.4) is 0 Å². The second-order valence-electron chi connectivity index (χ2n) is 5.59. The number of aromatic nitrogens is 2. The van der Waals surface area contributed by atoms with Gasteiger partial charge in [-0.2, -0.15) is 0 Å². The van der Waals surface area contributed by atoms with Gasteiger partial charge in [0.25, 0.3) is 0 Å². The summed E-state index contributed by atoms with van der Waals surface area (Å²) < 4.78 is 0. The smallest absolute Gasteiger partial charge is 0.137 e. The van der Waals surface area contributed by atoms with Gasteiger partial charge in [0.15, 0.2) is 0 Å². The molecule has 0 amide bonds. The Morgan fingerprint density at radius 3 is 2.45 bits per heavy atom. The van der Waals surface area contributed by atoms with Crippen LogP contribution in [0.1, 0.15) is 31.2 Å². The Balaban J connectivity index is 2.17. The van der Waals surface area contributed by atoms with Crippen molar-refractivity contribution < 1.29 is 0 Å². The Labute approximate surface area is 122 Å². The molecule has 5 nitrogen and oxygen atoms in total. The van der Waals surface area contributed by atoms with Crippen LogP contribution in [0.15, 0.2) is 0 Å². The van der Waals surface area contributed by atoms with Gasteiger partial charge in [-0.1, -0.05) is 6.92 Å². The fourth-order valence-electron chi connectivity index (χ4n) is 3.00. The van der Waals surface area contributed by atoms with E-state index in [9.17, 15) is 0 Å². The van der Waals surface area contributed by atoms with Crippen LogP contribution in [0.2, 0.25) is 0 Å². The summed E-state index contributed by atoms with van der Waals surface area (Å²) in [6.45, 7) is 9.82. The maximum atomic E-state index is 4.66. The molecule has 2 rings (SSSR count). The highest BCUT2D eigenvalue weighted by molar-refractivity contribution is 5.58. The van der Waals surface area contributed by atoms with Gasteiger partial charge in [0.05, 0.1) is 0 Å². The molecule has 0 radical (unpaired) electrons. The van der Waals surface area contributed by atoms with Crippen LogP contribution in [0.25, 0.3) is 0 Å². The van der Waals surface area contributed by atoms with Gasteiger partial charge in [0.2, 0.25) is 0 Å². The third kappa shape index (κ3) is 3.03. The van der Waals surface area contributed by atoms with Gasteiger partial charge in [-0.15, -0.1) is 0 Å². The maximum absolute atomic E-state index is 4.66. The van der Waals surface area contributed by atoms with E-state index in [0.29, 0.717) is 6.04 Å². The molecule has 112 valence electrons. The van der Waals surface area contributed by atoms with Crippen molar-refractivity contribution in [1.29, 1.82) is 0 Å². The zero-order chi connectivity index (χ0) is 14.7. The monoisotopic (exact) mass is 277 g/mol. The summed E-state index contributed by atoms with van der Waals surface area (Å²) in [4.78, 5) is 14.0. The normalized spacial score (nSPS) is 17.2. The molecule has 5 heteroatoms. The predicted octanol–water partition coefficient (Wildman–Crippen LogP) is 2.06. The first-order valence-electron chi connectivity index (χ1n) is 7.55. The van der Waals surface area contributed by atoms with Crippen molar-refractivity contribution >= 4 is 11.6 Å². The van der Waals surface area contributed by atoms with Gasteiger partial charge in [-0.05, 0) is 33.2 Å². The van der Waals surface area contributed by atoms with E-state index >= 15 is 0 Å². The van der Waals surface area contributed by atoms with Crippen molar-refractivity contribution in [3.63, 3.8) is 0 Å². The summed E-state index contributed by atoms with van der Waals surface area (Å²) in [6, 6.07) is 0.579. The topological polar surface area (TPSA) is 44.3 Å². The van der Waals surface area contributed by atoms with E-state index in [2.05, 4.69) is 46.0 Å². The Morgan fingerprint density at radius 1 is 1.25 bits per heavy atom. The molecule has 1 aromatic rings. The molecule has 0 aromatic carbocycles. The standard InChI is InChI=1S/C15H27N5/c1-6-20-9-7-13(8-10-20)19(5)15-11(2)14(16-4)17-12(3)18-15/h13H,6-10H2,1-5H3,(H,16,17,18). The Bertz CT molecular complexity index is 452. The first-order valence-corrected chi connectivity index (χ1v) is 7.55. The number of likely N-dealkylation sites (tertiary alicyclic amines) is 1.